The van der Waals surface area contributed by atoms with Crippen molar-refractivity contribution in [3.05, 3.63) is 28.7 Å². The van der Waals surface area contributed by atoms with Gasteiger partial charge in [-0.15, -0.1) is 11.3 Å². The van der Waals surface area contributed by atoms with Gasteiger partial charge in [0.05, 0.1) is 18.3 Å². The van der Waals surface area contributed by atoms with Gasteiger partial charge in [0.25, 0.3) is 0 Å². The van der Waals surface area contributed by atoms with E-state index in [9.17, 15) is 0 Å². The molecule has 0 saturated heterocycles. The number of rotatable bonds is 4. The van der Waals surface area contributed by atoms with Crippen molar-refractivity contribution in [3.8, 4) is 5.88 Å². The van der Waals surface area contributed by atoms with E-state index in [1.54, 1.807) is 24.5 Å². The lowest BCUT2D eigenvalue weighted by Gasteiger charge is -2.05. The molecule has 3 rings (SSSR count). The van der Waals surface area contributed by atoms with Crippen LogP contribution in [0.2, 0.25) is 0 Å². The van der Waals surface area contributed by atoms with E-state index < -0.39 is 0 Å². The molecular weight excluding hydrogens is 262 g/mol. The number of aryl methyl sites for hydroxylation is 2. The van der Waals surface area contributed by atoms with Crippen molar-refractivity contribution < 1.29 is 4.74 Å². The molecule has 0 bridgehead atoms. The van der Waals surface area contributed by atoms with Crippen LogP contribution in [0.15, 0.2) is 23.0 Å². The molecule has 0 fully saturated rings. The van der Waals surface area contributed by atoms with Crippen molar-refractivity contribution in [3.63, 3.8) is 0 Å². The molecule has 0 amide bonds. The first-order valence-electron chi connectivity index (χ1n) is 5.82. The van der Waals surface area contributed by atoms with Crippen LogP contribution in [0.4, 0.5) is 5.95 Å². The molecule has 0 unspecified atom stereocenters. The molecule has 98 valence electrons. The van der Waals surface area contributed by atoms with Crippen LogP contribution in [0.25, 0.3) is 11.2 Å². The minimum atomic E-state index is 0.464. The molecule has 19 heavy (non-hydrogen) atoms. The van der Waals surface area contributed by atoms with Crippen molar-refractivity contribution in [2.24, 2.45) is 0 Å². The number of hydrogen-bond acceptors (Lipinski definition) is 6. The third kappa shape index (κ3) is 2.24. The van der Waals surface area contributed by atoms with Crippen LogP contribution in [0.3, 0.4) is 0 Å². The van der Waals surface area contributed by atoms with Crippen LogP contribution < -0.4 is 10.5 Å². The zero-order valence-corrected chi connectivity index (χ0v) is 11.2. The predicted octanol–water partition coefficient (Wildman–Crippen LogP) is 1.72. The summed E-state index contributed by atoms with van der Waals surface area (Å²) in [5, 5.41) is 2.03. The number of imidazole rings is 1. The number of aromatic nitrogens is 4. The Morgan fingerprint density at radius 1 is 1.37 bits per heavy atom. The lowest BCUT2D eigenvalue weighted by atomic mass is 10.3. The van der Waals surface area contributed by atoms with Gasteiger partial charge >= 0.3 is 0 Å². The first-order valence-corrected chi connectivity index (χ1v) is 6.76. The molecule has 3 aromatic heterocycles. The Morgan fingerprint density at radius 2 is 2.26 bits per heavy atom. The Kier molecular flexibility index (Phi) is 3.04. The second kappa shape index (κ2) is 4.85. The maximum Gasteiger partial charge on any atom is 0.215 e. The molecule has 0 atom stereocenters. The number of fused-ring (bicyclic) bond motifs is 1. The van der Waals surface area contributed by atoms with Crippen LogP contribution in [0.5, 0.6) is 5.88 Å². The molecule has 0 saturated carbocycles. The second-order valence-electron chi connectivity index (χ2n) is 4.05. The number of nitrogens with zero attached hydrogens (tertiary/aromatic N) is 4. The fraction of sp³-hybridized carbons (Fsp3) is 0.250. The maximum atomic E-state index is 5.94. The predicted molar refractivity (Wildman–Crippen MR) is 74.3 cm³/mol. The number of hydrogen-bond donors (Lipinski definition) is 1. The van der Waals surface area contributed by atoms with E-state index in [1.807, 2.05) is 21.5 Å². The van der Waals surface area contributed by atoms with Crippen molar-refractivity contribution in [1.29, 1.82) is 0 Å². The van der Waals surface area contributed by atoms with Crippen LogP contribution in [-0.2, 0) is 13.0 Å². The highest BCUT2D eigenvalue weighted by Crippen LogP contribution is 2.19. The fourth-order valence-corrected chi connectivity index (χ4v) is 2.52. The summed E-state index contributed by atoms with van der Waals surface area (Å²) < 4.78 is 7.02. The third-order valence-electron chi connectivity index (χ3n) is 2.88. The van der Waals surface area contributed by atoms with E-state index >= 15 is 0 Å². The van der Waals surface area contributed by atoms with E-state index in [1.165, 1.54) is 0 Å². The monoisotopic (exact) mass is 275 g/mol. The summed E-state index contributed by atoms with van der Waals surface area (Å²) in [5.41, 5.74) is 10.3. The molecule has 3 aromatic rings. The van der Waals surface area contributed by atoms with Gasteiger partial charge in [-0.2, -0.15) is 4.98 Å². The van der Waals surface area contributed by atoms with Gasteiger partial charge < -0.3 is 10.5 Å². The Labute approximate surface area is 113 Å². The first-order chi connectivity index (χ1) is 9.28. The fourth-order valence-electron chi connectivity index (χ4n) is 1.92. The smallest absolute Gasteiger partial charge is 0.215 e. The largest absolute Gasteiger partial charge is 0.481 e. The van der Waals surface area contributed by atoms with Gasteiger partial charge in [-0.25, -0.2) is 9.97 Å². The Bertz CT molecular complexity index is 692. The topological polar surface area (TPSA) is 78.9 Å². The summed E-state index contributed by atoms with van der Waals surface area (Å²) in [4.78, 5) is 12.9. The molecule has 0 aliphatic heterocycles. The number of anilines is 1. The van der Waals surface area contributed by atoms with Gasteiger partial charge in [0.15, 0.2) is 5.65 Å². The average molecular weight is 275 g/mol. The maximum absolute atomic E-state index is 5.94. The number of ether oxygens (including phenoxy) is 1. The summed E-state index contributed by atoms with van der Waals surface area (Å²) in [6.45, 7) is 0.701. The summed E-state index contributed by atoms with van der Waals surface area (Å²) in [5.74, 6) is 1.02. The molecule has 7 heteroatoms. The molecule has 0 aliphatic carbocycles. The SMILES string of the molecule is COc1ccc2nc(N)n(CCc3cscn3)c2n1. The molecule has 0 spiro atoms. The Morgan fingerprint density at radius 3 is 3.00 bits per heavy atom. The molecule has 0 aromatic carbocycles. The minimum Gasteiger partial charge on any atom is -0.481 e. The highest BCUT2D eigenvalue weighted by atomic mass is 32.1. The number of methoxy groups -OCH3 is 1. The number of thiazole rings is 1. The van der Waals surface area contributed by atoms with Gasteiger partial charge in [-0.1, -0.05) is 0 Å². The number of pyridine rings is 1. The van der Waals surface area contributed by atoms with Crippen LogP contribution in [0, 0.1) is 0 Å². The average Bonchev–Trinajstić information content (AvgIpc) is 3.03. The van der Waals surface area contributed by atoms with Crippen molar-refractivity contribution in [1.82, 2.24) is 19.5 Å². The summed E-state index contributed by atoms with van der Waals surface area (Å²) in [6, 6.07) is 3.64. The molecule has 3 heterocycles. The van der Waals surface area contributed by atoms with E-state index in [2.05, 4.69) is 15.0 Å². The van der Waals surface area contributed by atoms with E-state index in [-0.39, 0.29) is 0 Å². The van der Waals surface area contributed by atoms with Crippen LogP contribution in [0.1, 0.15) is 5.69 Å². The summed E-state index contributed by atoms with van der Waals surface area (Å²) in [6.07, 6.45) is 0.804. The van der Waals surface area contributed by atoms with Gasteiger partial charge in [-0.05, 0) is 6.07 Å². The Hall–Kier alpha value is -2.15. The van der Waals surface area contributed by atoms with Gasteiger partial charge in [0.1, 0.15) is 5.52 Å². The summed E-state index contributed by atoms with van der Waals surface area (Å²) in [7, 11) is 1.59. The Balaban J connectivity index is 1.94. The van der Waals surface area contributed by atoms with E-state index in [0.717, 1.165) is 23.3 Å². The van der Waals surface area contributed by atoms with Crippen LogP contribution in [-0.4, -0.2) is 26.6 Å². The zero-order chi connectivity index (χ0) is 13.2. The quantitative estimate of drug-likeness (QED) is 0.784. The van der Waals surface area contributed by atoms with Gasteiger partial charge in [0, 0.05) is 24.4 Å². The molecule has 2 N–H and O–H groups in total. The highest BCUT2D eigenvalue weighted by molar-refractivity contribution is 7.07. The van der Waals surface area contributed by atoms with Gasteiger partial charge in [0.2, 0.25) is 11.8 Å². The molecule has 6 nitrogen and oxygen atoms in total. The second-order valence-corrected chi connectivity index (χ2v) is 4.77. The highest BCUT2D eigenvalue weighted by Gasteiger charge is 2.11. The minimum absolute atomic E-state index is 0.464. The molecule has 0 radical (unpaired) electrons. The third-order valence-corrected chi connectivity index (χ3v) is 3.52. The first kappa shape index (κ1) is 11.9. The number of nitrogens with two attached hydrogens (primary N) is 1. The zero-order valence-electron chi connectivity index (χ0n) is 10.4. The summed E-state index contributed by atoms with van der Waals surface area (Å²) >= 11 is 1.59. The van der Waals surface area contributed by atoms with E-state index in [0.29, 0.717) is 18.4 Å². The number of nitrogen functional groups attached to an aromatic ring is 1. The van der Waals surface area contributed by atoms with Crippen molar-refractivity contribution in [2.45, 2.75) is 13.0 Å². The van der Waals surface area contributed by atoms with E-state index in [4.69, 9.17) is 10.5 Å². The normalized spacial score (nSPS) is 11.0. The molecule has 0 aliphatic rings. The van der Waals surface area contributed by atoms with Crippen molar-refractivity contribution >= 4 is 28.4 Å². The lowest BCUT2D eigenvalue weighted by Crippen LogP contribution is -2.06. The standard InChI is InChI=1S/C12H13N5OS/c1-18-10-3-2-9-11(16-10)17(12(13)15-9)5-4-8-6-19-7-14-8/h2-3,6-7H,4-5H2,1H3,(H2,13,15). The van der Waals surface area contributed by atoms with Crippen LogP contribution >= 0.6 is 11.3 Å². The molecular formula is C12H13N5OS. The van der Waals surface area contributed by atoms with Crippen molar-refractivity contribution in [2.75, 3.05) is 12.8 Å². The van der Waals surface area contributed by atoms with Gasteiger partial charge in [-0.3, -0.25) is 4.57 Å². The lowest BCUT2D eigenvalue weighted by molar-refractivity contribution is 0.399.